The lowest BCUT2D eigenvalue weighted by Crippen LogP contribution is -2.43. The fraction of sp³-hybridized carbons (Fsp3) is 0.600. The van der Waals surface area contributed by atoms with Crippen molar-refractivity contribution in [1.82, 2.24) is 4.90 Å². The van der Waals surface area contributed by atoms with E-state index in [9.17, 15) is 0 Å². The number of nitrogens with zero attached hydrogens (tertiary/aromatic N) is 1. The first-order valence-electron chi connectivity index (χ1n) is 6.73. The Hall–Kier alpha value is -0.570. The molecule has 2 saturated heterocycles. The third-order valence-corrected chi connectivity index (χ3v) is 4.08. The molecule has 2 aliphatic rings. The molecule has 3 heteroatoms. The van der Waals surface area contributed by atoms with E-state index in [-0.39, 0.29) is 12.4 Å². The molecular formula is C15H22ClNO. The maximum Gasteiger partial charge on any atom is 0.0707 e. The van der Waals surface area contributed by atoms with Crippen molar-refractivity contribution in [2.24, 2.45) is 0 Å². The van der Waals surface area contributed by atoms with Gasteiger partial charge in [0, 0.05) is 19.6 Å². The van der Waals surface area contributed by atoms with Crippen molar-refractivity contribution in [2.75, 3.05) is 19.6 Å². The van der Waals surface area contributed by atoms with Gasteiger partial charge in [-0.05, 0) is 37.3 Å². The molecule has 1 aromatic carbocycles. The third kappa shape index (κ3) is 3.05. The quantitative estimate of drug-likeness (QED) is 0.835. The van der Waals surface area contributed by atoms with E-state index in [0.717, 1.165) is 13.1 Å². The summed E-state index contributed by atoms with van der Waals surface area (Å²) >= 11 is 0. The van der Waals surface area contributed by atoms with E-state index in [1.54, 1.807) is 0 Å². The number of fused-ring (bicyclic) bond motifs is 2. The minimum absolute atomic E-state index is 0. The van der Waals surface area contributed by atoms with Crippen LogP contribution in [0.2, 0.25) is 0 Å². The molecule has 0 radical (unpaired) electrons. The van der Waals surface area contributed by atoms with Gasteiger partial charge in [0.1, 0.15) is 0 Å². The third-order valence-electron chi connectivity index (χ3n) is 4.08. The molecule has 2 unspecified atom stereocenters. The second-order valence-corrected chi connectivity index (χ2v) is 5.39. The van der Waals surface area contributed by atoms with Crippen molar-refractivity contribution in [2.45, 2.75) is 38.4 Å². The Morgan fingerprint density at radius 2 is 1.83 bits per heavy atom. The van der Waals surface area contributed by atoms with Crippen molar-refractivity contribution < 1.29 is 4.74 Å². The number of halogens is 1. The van der Waals surface area contributed by atoms with Crippen LogP contribution in [0.1, 0.15) is 24.0 Å². The van der Waals surface area contributed by atoms with E-state index in [1.165, 1.54) is 36.9 Å². The average molecular weight is 268 g/mol. The first-order chi connectivity index (χ1) is 8.31. The summed E-state index contributed by atoms with van der Waals surface area (Å²) in [6.07, 6.45) is 4.75. The predicted molar refractivity (Wildman–Crippen MR) is 76.5 cm³/mol. The van der Waals surface area contributed by atoms with Crippen LogP contribution < -0.4 is 0 Å². The van der Waals surface area contributed by atoms with Gasteiger partial charge in [0.2, 0.25) is 0 Å². The van der Waals surface area contributed by atoms with Gasteiger partial charge in [-0.3, -0.25) is 4.90 Å². The SMILES string of the molecule is Cc1ccccc1CCN1CC2CCC(C1)O2.Cl. The highest BCUT2D eigenvalue weighted by atomic mass is 35.5. The lowest BCUT2D eigenvalue weighted by molar-refractivity contribution is -0.0377. The van der Waals surface area contributed by atoms with E-state index >= 15 is 0 Å². The van der Waals surface area contributed by atoms with Gasteiger partial charge in [0.25, 0.3) is 0 Å². The van der Waals surface area contributed by atoms with Crippen molar-refractivity contribution >= 4 is 12.4 Å². The maximum atomic E-state index is 5.86. The number of ether oxygens (including phenoxy) is 1. The fourth-order valence-electron chi connectivity index (χ4n) is 3.05. The number of hydrogen-bond acceptors (Lipinski definition) is 2. The molecule has 3 rings (SSSR count). The first-order valence-corrected chi connectivity index (χ1v) is 6.73. The molecular weight excluding hydrogens is 246 g/mol. The Balaban J connectivity index is 0.00000120. The van der Waals surface area contributed by atoms with Gasteiger partial charge < -0.3 is 4.74 Å². The molecule has 0 aliphatic carbocycles. The second-order valence-electron chi connectivity index (χ2n) is 5.39. The van der Waals surface area contributed by atoms with Gasteiger partial charge in [0.15, 0.2) is 0 Å². The van der Waals surface area contributed by atoms with Gasteiger partial charge in [-0.15, -0.1) is 12.4 Å². The molecule has 1 aromatic rings. The standard InChI is InChI=1S/C15H21NO.ClH/c1-12-4-2-3-5-13(12)8-9-16-10-14-6-7-15(11-16)17-14;/h2-5,14-15H,6-11H2,1H3;1H. The van der Waals surface area contributed by atoms with Crippen LogP contribution in [0.15, 0.2) is 24.3 Å². The van der Waals surface area contributed by atoms with Gasteiger partial charge in [-0.25, -0.2) is 0 Å². The fourth-order valence-corrected chi connectivity index (χ4v) is 3.05. The maximum absolute atomic E-state index is 5.86. The zero-order valence-electron chi connectivity index (χ0n) is 11.0. The molecule has 2 nitrogen and oxygen atoms in total. The smallest absolute Gasteiger partial charge is 0.0707 e. The van der Waals surface area contributed by atoms with E-state index in [1.807, 2.05) is 0 Å². The van der Waals surface area contributed by atoms with E-state index in [2.05, 4.69) is 36.1 Å². The number of rotatable bonds is 3. The summed E-state index contributed by atoms with van der Waals surface area (Å²) in [5, 5.41) is 0. The Labute approximate surface area is 116 Å². The van der Waals surface area contributed by atoms with Crippen molar-refractivity contribution in [3.05, 3.63) is 35.4 Å². The molecule has 0 spiro atoms. The number of aryl methyl sites for hydroxylation is 1. The van der Waals surface area contributed by atoms with Gasteiger partial charge >= 0.3 is 0 Å². The summed E-state index contributed by atoms with van der Waals surface area (Å²) in [6.45, 7) is 5.67. The van der Waals surface area contributed by atoms with E-state index < -0.39 is 0 Å². The summed E-state index contributed by atoms with van der Waals surface area (Å²) in [4.78, 5) is 2.58. The lowest BCUT2D eigenvalue weighted by atomic mass is 10.1. The van der Waals surface area contributed by atoms with Gasteiger partial charge in [-0.1, -0.05) is 24.3 Å². The van der Waals surface area contributed by atoms with Crippen LogP contribution >= 0.6 is 12.4 Å². The van der Waals surface area contributed by atoms with Crippen LogP contribution in [0.25, 0.3) is 0 Å². The summed E-state index contributed by atoms with van der Waals surface area (Å²) in [6, 6.07) is 8.72. The highest BCUT2D eigenvalue weighted by molar-refractivity contribution is 5.85. The molecule has 2 bridgehead atoms. The molecule has 0 amide bonds. The summed E-state index contributed by atoms with van der Waals surface area (Å²) in [5.74, 6) is 0. The normalized spacial score (nSPS) is 26.9. The zero-order chi connectivity index (χ0) is 11.7. The van der Waals surface area contributed by atoms with E-state index in [0.29, 0.717) is 12.2 Å². The molecule has 0 saturated carbocycles. The van der Waals surface area contributed by atoms with Crippen LogP contribution in [0.5, 0.6) is 0 Å². The lowest BCUT2D eigenvalue weighted by Gasteiger charge is -2.32. The number of hydrogen-bond donors (Lipinski definition) is 0. The zero-order valence-corrected chi connectivity index (χ0v) is 11.8. The minimum atomic E-state index is 0. The first kappa shape index (κ1) is 13.9. The van der Waals surface area contributed by atoms with Crippen molar-refractivity contribution in [3.63, 3.8) is 0 Å². The monoisotopic (exact) mass is 267 g/mol. The highest BCUT2D eigenvalue weighted by Gasteiger charge is 2.33. The average Bonchev–Trinajstić information content (AvgIpc) is 2.68. The molecule has 2 heterocycles. The highest BCUT2D eigenvalue weighted by Crippen LogP contribution is 2.26. The number of morpholine rings is 1. The summed E-state index contributed by atoms with van der Waals surface area (Å²) < 4.78 is 5.86. The molecule has 2 aliphatic heterocycles. The topological polar surface area (TPSA) is 12.5 Å². The number of likely N-dealkylation sites (tertiary alicyclic amines) is 1. The van der Waals surface area contributed by atoms with Crippen molar-refractivity contribution in [1.29, 1.82) is 0 Å². The van der Waals surface area contributed by atoms with Crippen LogP contribution in [-0.4, -0.2) is 36.7 Å². The second kappa shape index (κ2) is 6.05. The Morgan fingerprint density at radius 1 is 1.17 bits per heavy atom. The molecule has 100 valence electrons. The summed E-state index contributed by atoms with van der Waals surface area (Å²) in [7, 11) is 0. The van der Waals surface area contributed by atoms with Crippen molar-refractivity contribution in [3.8, 4) is 0 Å². The molecule has 2 atom stereocenters. The molecule has 2 fully saturated rings. The van der Waals surface area contributed by atoms with Crippen LogP contribution in [0.3, 0.4) is 0 Å². The predicted octanol–water partition coefficient (Wildman–Crippen LogP) is 2.82. The molecule has 0 N–H and O–H groups in total. The largest absolute Gasteiger partial charge is 0.372 e. The number of benzene rings is 1. The van der Waals surface area contributed by atoms with Crippen LogP contribution in [-0.2, 0) is 11.2 Å². The molecule has 0 aromatic heterocycles. The molecule has 18 heavy (non-hydrogen) atoms. The van der Waals surface area contributed by atoms with Gasteiger partial charge in [0.05, 0.1) is 12.2 Å². The van der Waals surface area contributed by atoms with E-state index in [4.69, 9.17) is 4.74 Å². The minimum Gasteiger partial charge on any atom is -0.372 e. The van der Waals surface area contributed by atoms with Crippen LogP contribution in [0.4, 0.5) is 0 Å². The Morgan fingerprint density at radius 3 is 2.50 bits per heavy atom. The Bertz CT molecular complexity index is 384. The van der Waals surface area contributed by atoms with Gasteiger partial charge in [-0.2, -0.15) is 0 Å². The summed E-state index contributed by atoms with van der Waals surface area (Å²) in [5.41, 5.74) is 2.91. The Kier molecular flexibility index (Phi) is 4.66. The van der Waals surface area contributed by atoms with Crippen LogP contribution in [0, 0.1) is 6.92 Å².